The lowest BCUT2D eigenvalue weighted by molar-refractivity contribution is -0.261. The van der Waals surface area contributed by atoms with Gasteiger partial charge in [0.25, 0.3) is 0 Å². The molecule has 0 radical (unpaired) electrons. The maximum Gasteiger partial charge on any atom is 0.314 e. The van der Waals surface area contributed by atoms with Crippen molar-refractivity contribution in [3.05, 3.63) is 0 Å². The predicted octanol–water partition coefficient (Wildman–Crippen LogP) is 1.84. The molecule has 0 unspecified atom stereocenters. The van der Waals surface area contributed by atoms with Gasteiger partial charge >= 0.3 is 5.97 Å². The fourth-order valence-corrected chi connectivity index (χ4v) is 0.637. The van der Waals surface area contributed by atoms with Crippen molar-refractivity contribution in [3.8, 4) is 0 Å². The highest BCUT2D eigenvalue weighted by Gasteiger charge is 2.33. The van der Waals surface area contributed by atoms with Crippen LogP contribution in [-0.4, -0.2) is 23.4 Å². The van der Waals surface area contributed by atoms with E-state index in [2.05, 4.69) is 4.89 Å². The van der Waals surface area contributed by atoms with E-state index >= 15 is 0 Å². The molecule has 0 aromatic rings. The zero-order chi connectivity index (χ0) is 10.7. The lowest BCUT2D eigenvalue weighted by Crippen LogP contribution is -2.36. The highest BCUT2D eigenvalue weighted by Crippen LogP contribution is 2.21. The van der Waals surface area contributed by atoms with Gasteiger partial charge in [-0.1, -0.05) is 0 Å². The molecule has 0 fully saturated rings. The summed E-state index contributed by atoms with van der Waals surface area (Å²) in [7, 11) is 0. The van der Waals surface area contributed by atoms with E-state index in [1.165, 1.54) is 0 Å². The van der Waals surface area contributed by atoms with E-state index in [0.29, 0.717) is 0 Å². The highest BCUT2D eigenvalue weighted by atomic mass is 17.1. The summed E-state index contributed by atoms with van der Waals surface area (Å²) in [5.41, 5.74) is -1.33. The summed E-state index contributed by atoms with van der Waals surface area (Å²) in [5, 5.41) is 8.24. The summed E-state index contributed by atoms with van der Waals surface area (Å²) in [6, 6.07) is 0. The molecule has 0 saturated heterocycles. The Kier molecular flexibility index (Phi) is 3.88. The van der Waals surface area contributed by atoms with Crippen LogP contribution in [0.5, 0.6) is 0 Å². The maximum absolute atomic E-state index is 11.5. The van der Waals surface area contributed by atoms with Gasteiger partial charge in [0.2, 0.25) is 0 Å². The van der Waals surface area contributed by atoms with Gasteiger partial charge in [-0.15, -0.1) is 0 Å². The Morgan fingerprint density at radius 1 is 1.23 bits per heavy atom. The number of carbonyl (C=O) groups excluding carboxylic acids is 1. The smallest absolute Gasteiger partial charge is 0.314 e. The van der Waals surface area contributed by atoms with Gasteiger partial charge in [-0.05, 0) is 34.6 Å². The van der Waals surface area contributed by atoms with Gasteiger partial charge in [-0.3, -0.25) is 10.1 Å². The van der Waals surface area contributed by atoms with Gasteiger partial charge in [0.1, 0.15) is 5.60 Å². The third kappa shape index (κ3) is 4.85. The van der Waals surface area contributed by atoms with E-state index in [4.69, 9.17) is 9.99 Å². The molecule has 0 aromatic carbocycles. The van der Waals surface area contributed by atoms with Gasteiger partial charge in [-0.25, -0.2) is 4.89 Å². The molecule has 0 aliphatic carbocycles. The molecule has 4 nitrogen and oxygen atoms in total. The van der Waals surface area contributed by atoms with Crippen LogP contribution < -0.4 is 0 Å². The molecule has 13 heavy (non-hydrogen) atoms. The topological polar surface area (TPSA) is 55.8 Å². The van der Waals surface area contributed by atoms with Crippen molar-refractivity contribution in [2.45, 2.75) is 40.2 Å². The minimum atomic E-state index is -0.817. The number of ether oxygens (including phenoxy) is 1. The molecule has 0 spiro atoms. The summed E-state index contributed by atoms with van der Waals surface area (Å²) in [6.45, 7) is 8.61. The zero-order valence-corrected chi connectivity index (χ0v) is 8.88. The summed E-state index contributed by atoms with van der Waals surface area (Å²) in [6.07, 6.45) is 0. The normalized spacial score (nSPS) is 12.8. The Morgan fingerprint density at radius 3 is 2.00 bits per heavy atom. The van der Waals surface area contributed by atoms with Crippen LogP contribution in [0.1, 0.15) is 34.6 Å². The second kappa shape index (κ2) is 4.07. The fraction of sp³-hybridized carbons (Fsp3) is 0.889. The molecule has 0 bridgehead atoms. The molecule has 0 aliphatic rings. The number of esters is 1. The third-order valence-corrected chi connectivity index (χ3v) is 1.38. The Morgan fingerprint density at radius 2 is 1.69 bits per heavy atom. The molecule has 78 valence electrons. The molecule has 0 rings (SSSR count). The van der Waals surface area contributed by atoms with Crippen LogP contribution in [0.4, 0.5) is 0 Å². The van der Waals surface area contributed by atoms with E-state index in [1.54, 1.807) is 34.6 Å². The summed E-state index contributed by atoms with van der Waals surface area (Å²) >= 11 is 0. The summed E-state index contributed by atoms with van der Waals surface area (Å²) in [5.74, 6) is -0.381. The Balaban J connectivity index is 4.25. The third-order valence-electron chi connectivity index (χ3n) is 1.38. The van der Waals surface area contributed by atoms with Gasteiger partial charge in [0.15, 0.2) is 0 Å². The van der Waals surface area contributed by atoms with Crippen molar-refractivity contribution in [2.75, 3.05) is 6.61 Å². The molecular weight excluding hydrogens is 172 g/mol. The Bertz CT molecular complexity index is 179. The lowest BCUT2D eigenvalue weighted by atomic mass is 9.95. The molecule has 4 heteroatoms. The van der Waals surface area contributed by atoms with E-state index in [0.717, 1.165) is 0 Å². The predicted molar refractivity (Wildman–Crippen MR) is 48.2 cm³/mol. The molecule has 0 saturated carbocycles. The first-order chi connectivity index (χ1) is 5.69. The number of carbonyl (C=O) groups is 1. The SMILES string of the molecule is CC(C)(C)OC(=O)C(C)(C)COO. The van der Waals surface area contributed by atoms with Gasteiger partial charge in [0, 0.05) is 0 Å². The lowest BCUT2D eigenvalue weighted by Gasteiger charge is -2.27. The standard InChI is InChI=1S/C9H18O4/c1-8(2,3)13-7(10)9(4,5)6-12-11/h11H,6H2,1-5H3. The Hall–Kier alpha value is -0.610. The van der Waals surface area contributed by atoms with Crippen LogP contribution in [0.2, 0.25) is 0 Å². The van der Waals surface area contributed by atoms with E-state index in [9.17, 15) is 4.79 Å². The van der Waals surface area contributed by atoms with Crippen molar-refractivity contribution in [1.82, 2.24) is 0 Å². The maximum atomic E-state index is 11.5. The first-order valence-corrected chi connectivity index (χ1v) is 4.19. The highest BCUT2D eigenvalue weighted by molar-refractivity contribution is 5.76. The van der Waals surface area contributed by atoms with Crippen molar-refractivity contribution >= 4 is 5.97 Å². The average Bonchev–Trinajstić information content (AvgIpc) is 1.82. The van der Waals surface area contributed by atoms with Crippen LogP contribution >= 0.6 is 0 Å². The van der Waals surface area contributed by atoms with Crippen LogP contribution in [0, 0.1) is 5.41 Å². The molecule has 0 heterocycles. The van der Waals surface area contributed by atoms with Crippen molar-refractivity contribution in [3.63, 3.8) is 0 Å². The Labute approximate surface area is 78.8 Å². The minimum absolute atomic E-state index is 0.0675. The van der Waals surface area contributed by atoms with Crippen LogP contribution in [0.15, 0.2) is 0 Å². The fourth-order valence-electron chi connectivity index (χ4n) is 0.637. The summed E-state index contributed by atoms with van der Waals surface area (Å²) in [4.78, 5) is 15.4. The zero-order valence-electron chi connectivity index (χ0n) is 8.88. The van der Waals surface area contributed by atoms with Crippen LogP contribution in [-0.2, 0) is 14.4 Å². The molecule has 0 atom stereocenters. The van der Waals surface area contributed by atoms with Gasteiger partial charge in [-0.2, -0.15) is 0 Å². The second-order valence-electron chi connectivity index (χ2n) is 4.66. The van der Waals surface area contributed by atoms with E-state index < -0.39 is 11.0 Å². The molecule has 0 amide bonds. The molecule has 1 N–H and O–H groups in total. The average molecular weight is 190 g/mol. The van der Waals surface area contributed by atoms with Crippen molar-refractivity contribution < 1.29 is 19.7 Å². The van der Waals surface area contributed by atoms with E-state index in [1.807, 2.05) is 0 Å². The molecule has 0 aromatic heterocycles. The van der Waals surface area contributed by atoms with Crippen molar-refractivity contribution in [2.24, 2.45) is 5.41 Å². The minimum Gasteiger partial charge on any atom is -0.459 e. The van der Waals surface area contributed by atoms with Crippen molar-refractivity contribution in [1.29, 1.82) is 0 Å². The quantitative estimate of drug-likeness (QED) is 0.419. The molecule has 0 aliphatic heterocycles. The van der Waals surface area contributed by atoms with Crippen LogP contribution in [0.3, 0.4) is 0 Å². The summed E-state index contributed by atoms with van der Waals surface area (Å²) < 4.78 is 5.12. The first-order valence-electron chi connectivity index (χ1n) is 4.19. The van der Waals surface area contributed by atoms with E-state index in [-0.39, 0.29) is 12.6 Å². The molecular formula is C9H18O4. The monoisotopic (exact) mass is 190 g/mol. The largest absolute Gasteiger partial charge is 0.459 e. The number of rotatable bonds is 3. The van der Waals surface area contributed by atoms with Gasteiger partial charge < -0.3 is 4.74 Å². The first kappa shape index (κ1) is 12.4. The van der Waals surface area contributed by atoms with Crippen LogP contribution in [0.25, 0.3) is 0 Å². The number of hydrogen-bond donors (Lipinski definition) is 1. The number of hydrogen-bond acceptors (Lipinski definition) is 4. The van der Waals surface area contributed by atoms with Gasteiger partial charge in [0.05, 0.1) is 12.0 Å². The second-order valence-corrected chi connectivity index (χ2v) is 4.66.